The molecule has 5 rings (SSSR count). The lowest BCUT2D eigenvalue weighted by Gasteiger charge is -2.33. The smallest absolute Gasteiger partial charge is 0.237 e. The van der Waals surface area contributed by atoms with Gasteiger partial charge in [-0.15, -0.1) is 0 Å². The van der Waals surface area contributed by atoms with Crippen molar-refractivity contribution in [2.24, 2.45) is 0 Å². The van der Waals surface area contributed by atoms with Gasteiger partial charge >= 0.3 is 0 Å². The number of H-pyrrole nitrogens is 1. The second kappa shape index (κ2) is 7.45. The van der Waals surface area contributed by atoms with Gasteiger partial charge in [0.1, 0.15) is 11.6 Å². The van der Waals surface area contributed by atoms with Crippen LogP contribution in [0.5, 0.6) is 0 Å². The largest absolute Gasteiger partial charge is 0.359 e. The topological polar surface area (TPSA) is 39.3 Å². The molecule has 2 aliphatic heterocycles. The second-order valence-corrected chi connectivity index (χ2v) is 9.27. The number of nitrogens with zero attached hydrogens (tertiary/aromatic N) is 2. The first kappa shape index (κ1) is 20.2. The van der Waals surface area contributed by atoms with E-state index >= 15 is 0 Å². The van der Waals surface area contributed by atoms with E-state index in [1.54, 1.807) is 12.1 Å². The van der Waals surface area contributed by atoms with Gasteiger partial charge < -0.3 is 14.8 Å². The van der Waals surface area contributed by atoms with E-state index in [1.165, 1.54) is 23.8 Å². The summed E-state index contributed by atoms with van der Waals surface area (Å²) in [6.07, 6.45) is 3.96. The van der Waals surface area contributed by atoms with Gasteiger partial charge in [-0.2, -0.15) is 0 Å². The van der Waals surface area contributed by atoms with Crippen LogP contribution in [0, 0.1) is 11.6 Å². The van der Waals surface area contributed by atoms with E-state index in [0.29, 0.717) is 18.0 Å². The molecule has 0 unspecified atom stereocenters. The average molecular weight is 424 g/mol. The van der Waals surface area contributed by atoms with Crippen LogP contribution in [0.25, 0.3) is 10.9 Å². The fraction of sp³-hybridized carbons (Fsp3) is 0.400. The number of carbonyl (C=O) groups is 1. The van der Waals surface area contributed by atoms with Crippen molar-refractivity contribution in [3.8, 4) is 0 Å². The fourth-order valence-electron chi connectivity index (χ4n) is 5.21. The molecule has 4 nitrogen and oxygen atoms in total. The van der Waals surface area contributed by atoms with E-state index in [1.807, 2.05) is 31.0 Å². The van der Waals surface area contributed by atoms with Crippen molar-refractivity contribution in [2.45, 2.75) is 38.0 Å². The molecule has 3 heterocycles. The Labute approximate surface area is 180 Å². The Hall–Kier alpha value is -2.73. The lowest BCUT2D eigenvalue weighted by atomic mass is 9.86. The van der Waals surface area contributed by atoms with Crippen molar-refractivity contribution in [3.05, 3.63) is 65.4 Å². The van der Waals surface area contributed by atoms with E-state index in [2.05, 4.69) is 9.88 Å². The number of para-hydroxylation sites is 1. The zero-order valence-electron chi connectivity index (χ0n) is 17.9. The van der Waals surface area contributed by atoms with Crippen LogP contribution in [-0.2, 0) is 10.2 Å². The molecule has 162 valence electrons. The lowest BCUT2D eigenvalue weighted by Crippen LogP contribution is -2.43. The van der Waals surface area contributed by atoms with Crippen molar-refractivity contribution < 1.29 is 13.6 Å². The first-order chi connectivity index (χ1) is 14.9. The van der Waals surface area contributed by atoms with Crippen molar-refractivity contribution in [3.63, 3.8) is 0 Å². The third kappa shape index (κ3) is 3.33. The SMILES string of the molecule is CC1(C)C(=O)N(CCN2CCC(c3c[nH]c4c(F)cccc34)CC2)c2ccc(F)cc21. The number of amides is 1. The van der Waals surface area contributed by atoms with E-state index in [0.717, 1.165) is 49.1 Å². The number of piperidine rings is 1. The number of carbonyl (C=O) groups excluding carboxylic acids is 1. The van der Waals surface area contributed by atoms with Gasteiger partial charge in [0.15, 0.2) is 0 Å². The molecular weight excluding hydrogens is 396 g/mol. The highest BCUT2D eigenvalue weighted by molar-refractivity contribution is 6.07. The predicted octanol–water partition coefficient (Wildman–Crippen LogP) is 4.95. The Morgan fingerprint density at radius 2 is 1.87 bits per heavy atom. The number of anilines is 1. The van der Waals surface area contributed by atoms with Gasteiger partial charge in [0.25, 0.3) is 0 Å². The number of nitrogens with one attached hydrogen (secondary N) is 1. The first-order valence-electron chi connectivity index (χ1n) is 11.0. The van der Waals surface area contributed by atoms with E-state index in [4.69, 9.17) is 0 Å². The van der Waals surface area contributed by atoms with Crippen molar-refractivity contribution in [2.75, 3.05) is 31.1 Å². The van der Waals surface area contributed by atoms with Crippen LogP contribution >= 0.6 is 0 Å². The number of hydrogen-bond acceptors (Lipinski definition) is 2. The molecule has 0 atom stereocenters. The van der Waals surface area contributed by atoms with Crippen LogP contribution in [0.1, 0.15) is 43.7 Å². The molecule has 3 aromatic rings. The number of hydrogen-bond donors (Lipinski definition) is 1. The van der Waals surface area contributed by atoms with Crippen LogP contribution < -0.4 is 4.90 Å². The zero-order chi connectivity index (χ0) is 21.8. The van der Waals surface area contributed by atoms with Gasteiger partial charge in [-0.1, -0.05) is 12.1 Å². The predicted molar refractivity (Wildman–Crippen MR) is 118 cm³/mol. The molecule has 0 bridgehead atoms. The second-order valence-electron chi connectivity index (χ2n) is 9.27. The molecule has 1 N–H and O–H groups in total. The molecule has 6 heteroatoms. The Kier molecular flexibility index (Phi) is 4.85. The highest BCUT2D eigenvalue weighted by atomic mass is 19.1. The zero-order valence-corrected chi connectivity index (χ0v) is 17.9. The highest BCUT2D eigenvalue weighted by Gasteiger charge is 2.44. The Bertz CT molecular complexity index is 1140. The van der Waals surface area contributed by atoms with Crippen LogP contribution in [-0.4, -0.2) is 42.0 Å². The van der Waals surface area contributed by atoms with Crippen molar-refractivity contribution >= 4 is 22.5 Å². The van der Waals surface area contributed by atoms with Gasteiger partial charge in [-0.05, 0) is 81.1 Å². The van der Waals surface area contributed by atoms with Gasteiger partial charge in [-0.3, -0.25) is 4.79 Å². The van der Waals surface area contributed by atoms with Crippen molar-refractivity contribution in [1.82, 2.24) is 9.88 Å². The Morgan fingerprint density at radius 1 is 1.10 bits per heavy atom. The quantitative estimate of drug-likeness (QED) is 0.645. The molecule has 0 aliphatic carbocycles. The normalized spacial score (nSPS) is 19.4. The minimum absolute atomic E-state index is 0.0313. The number of fused-ring (bicyclic) bond motifs is 2. The summed E-state index contributed by atoms with van der Waals surface area (Å²) in [6, 6.07) is 9.87. The van der Waals surface area contributed by atoms with E-state index in [-0.39, 0.29) is 17.5 Å². The first-order valence-corrected chi connectivity index (χ1v) is 11.0. The summed E-state index contributed by atoms with van der Waals surface area (Å²) in [5.41, 5.74) is 2.68. The summed E-state index contributed by atoms with van der Waals surface area (Å²) < 4.78 is 27.7. The molecular formula is C25H27F2N3O. The third-order valence-electron chi connectivity index (χ3n) is 7.07. The lowest BCUT2D eigenvalue weighted by molar-refractivity contribution is -0.122. The Morgan fingerprint density at radius 3 is 2.65 bits per heavy atom. The maximum Gasteiger partial charge on any atom is 0.237 e. The van der Waals surface area contributed by atoms with Gasteiger partial charge in [0.2, 0.25) is 5.91 Å². The number of aromatic nitrogens is 1. The van der Waals surface area contributed by atoms with E-state index < -0.39 is 5.41 Å². The number of likely N-dealkylation sites (tertiary alicyclic amines) is 1. The van der Waals surface area contributed by atoms with Gasteiger partial charge in [-0.25, -0.2) is 8.78 Å². The maximum absolute atomic E-state index is 14.0. The molecule has 0 saturated carbocycles. The summed E-state index contributed by atoms with van der Waals surface area (Å²) in [5.74, 6) is -0.0769. The minimum Gasteiger partial charge on any atom is -0.359 e. The Balaban J connectivity index is 1.24. The van der Waals surface area contributed by atoms with Gasteiger partial charge in [0.05, 0.1) is 10.9 Å². The van der Waals surface area contributed by atoms with E-state index in [9.17, 15) is 13.6 Å². The fourth-order valence-corrected chi connectivity index (χ4v) is 5.21. The van der Waals surface area contributed by atoms with Gasteiger partial charge in [0, 0.05) is 30.4 Å². The summed E-state index contributed by atoms with van der Waals surface area (Å²) in [4.78, 5) is 20.3. The minimum atomic E-state index is -0.699. The molecule has 1 saturated heterocycles. The average Bonchev–Trinajstić information content (AvgIpc) is 3.27. The maximum atomic E-state index is 14.0. The molecule has 0 radical (unpaired) electrons. The number of halogens is 2. The van der Waals surface area contributed by atoms with Crippen LogP contribution in [0.2, 0.25) is 0 Å². The number of benzene rings is 2. The third-order valence-corrected chi connectivity index (χ3v) is 7.07. The van der Waals surface area contributed by atoms with Crippen LogP contribution in [0.3, 0.4) is 0 Å². The summed E-state index contributed by atoms with van der Waals surface area (Å²) in [7, 11) is 0. The van der Waals surface area contributed by atoms with Crippen LogP contribution in [0.4, 0.5) is 14.5 Å². The molecule has 0 spiro atoms. The molecule has 1 amide bonds. The summed E-state index contributed by atoms with van der Waals surface area (Å²) in [5, 5.41) is 0.979. The molecule has 31 heavy (non-hydrogen) atoms. The number of aromatic amines is 1. The summed E-state index contributed by atoms with van der Waals surface area (Å²) in [6.45, 7) is 6.99. The monoisotopic (exact) mass is 423 g/mol. The highest BCUT2D eigenvalue weighted by Crippen LogP contribution is 2.42. The molecule has 1 fully saturated rings. The van der Waals surface area contributed by atoms with Crippen LogP contribution in [0.15, 0.2) is 42.6 Å². The molecule has 1 aromatic heterocycles. The van der Waals surface area contributed by atoms with Crippen molar-refractivity contribution in [1.29, 1.82) is 0 Å². The number of rotatable bonds is 4. The molecule has 2 aromatic carbocycles. The standard InChI is InChI=1S/C25H27F2N3O/c1-25(2)20-14-17(26)6-7-22(20)30(24(25)31)13-12-29-10-8-16(9-11-29)19-15-28-23-18(19)4-3-5-21(23)27/h3-7,14-16,28H,8-13H2,1-2H3. The molecule has 2 aliphatic rings. The summed E-state index contributed by atoms with van der Waals surface area (Å²) >= 11 is 0.